The van der Waals surface area contributed by atoms with Gasteiger partial charge in [0.1, 0.15) is 11.4 Å². The Morgan fingerprint density at radius 2 is 1.82 bits per heavy atom. The molecule has 1 fully saturated rings. The lowest BCUT2D eigenvalue weighted by atomic mass is 9.93. The molecule has 0 aliphatic carbocycles. The molecule has 1 saturated heterocycles. The predicted octanol–water partition coefficient (Wildman–Crippen LogP) is 3.63. The van der Waals surface area contributed by atoms with E-state index in [1.54, 1.807) is 18.6 Å². The van der Waals surface area contributed by atoms with Crippen LogP contribution in [0.25, 0.3) is 0 Å². The number of rotatable bonds is 4. The number of ether oxygens (including phenoxy) is 1. The van der Waals surface area contributed by atoms with Crippen LogP contribution >= 0.6 is 0 Å². The summed E-state index contributed by atoms with van der Waals surface area (Å²) in [6, 6.07) is 7.88. The number of hydrogen-bond acceptors (Lipinski definition) is 5. The highest BCUT2D eigenvalue weighted by atomic mass is 16.5. The minimum absolute atomic E-state index is 0.0278. The summed E-state index contributed by atoms with van der Waals surface area (Å²) in [5.74, 6) is 1.53. The molecule has 4 rings (SSSR count). The third-order valence-corrected chi connectivity index (χ3v) is 5.16. The van der Waals surface area contributed by atoms with E-state index in [0.717, 1.165) is 30.0 Å². The quantitative estimate of drug-likeness (QED) is 0.751. The number of aromatic nitrogens is 4. The molecule has 0 atom stereocenters. The van der Waals surface area contributed by atoms with Gasteiger partial charge in [-0.25, -0.2) is 4.98 Å². The molecule has 0 bridgehead atoms. The molecule has 0 saturated carbocycles. The van der Waals surface area contributed by atoms with Gasteiger partial charge in [-0.15, -0.1) is 0 Å². The molecule has 0 unspecified atom stereocenters. The van der Waals surface area contributed by atoms with Gasteiger partial charge >= 0.3 is 0 Å². The molecular formula is C21H23N5O2. The number of benzene rings is 1. The second-order valence-electron chi connectivity index (χ2n) is 7.14. The number of carbonyl (C=O) groups excluding carboxylic acids is 1. The minimum atomic E-state index is 0.0278. The van der Waals surface area contributed by atoms with Crippen LogP contribution in [0.5, 0.6) is 11.6 Å². The average Bonchev–Trinajstić information content (AvgIpc) is 3.16. The first-order valence-electron chi connectivity index (χ1n) is 9.46. The third-order valence-electron chi connectivity index (χ3n) is 5.16. The molecular weight excluding hydrogens is 354 g/mol. The highest BCUT2D eigenvalue weighted by Gasteiger charge is 2.28. The molecule has 7 nitrogen and oxygen atoms in total. The van der Waals surface area contributed by atoms with Crippen molar-refractivity contribution in [3.8, 4) is 11.6 Å². The lowest BCUT2D eigenvalue weighted by Crippen LogP contribution is -2.38. The number of piperidine rings is 1. The summed E-state index contributed by atoms with van der Waals surface area (Å²) in [4.78, 5) is 23.5. The van der Waals surface area contributed by atoms with E-state index in [0.29, 0.717) is 24.5 Å². The van der Waals surface area contributed by atoms with Crippen molar-refractivity contribution < 1.29 is 9.53 Å². The maximum absolute atomic E-state index is 12.7. The molecule has 7 heteroatoms. The van der Waals surface area contributed by atoms with E-state index in [9.17, 15) is 4.79 Å². The lowest BCUT2D eigenvalue weighted by Gasteiger charge is -2.32. The highest BCUT2D eigenvalue weighted by molar-refractivity contribution is 5.95. The number of aryl methyl sites for hydroxylation is 2. The van der Waals surface area contributed by atoms with E-state index < -0.39 is 0 Å². The van der Waals surface area contributed by atoms with Crippen LogP contribution in [0.2, 0.25) is 0 Å². The van der Waals surface area contributed by atoms with Gasteiger partial charge in [0, 0.05) is 37.1 Å². The number of H-pyrrole nitrogens is 1. The fraction of sp³-hybridized carbons (Fsp3) is 0.333. The predicted molar refractivity (Wildman–Crippen MR) is 104 cm³/mol. The molecule has 1 amide bonds. The number of aromatic amines is 1. The van der Waals surface area contributed by atoms with Gasteiger partial charge in [0.25, 0.3) is 5.91 Å². The average molecular weight is 377 g/mol. The zero-order valence-electron chi connectivity index (χ0n) is 16.1. The Balaban J connectivity index is 1.45. The number of nitrogens with one attached hydrogen (secondary N) is 1. The van der Waals surface area contributed by atoms with Crippen molar-refractivity contribution in [1.29, 1.82) is 0 Å². The van der Waals surface area contributed by atoms with Gasteiger partial charge in [-0.05, 0) is 38.8 Å². The van der Waals surface area contributed by atoms with Crippen LogP contribution in [0.4, 0.5) is 0 Å². The lowest BCUT2D eigenvalue weighted by molar-refractivity contribution is 0.0711. The van der Waals surface area contributed by atoms with Gasteiger partial charge < -0.3 is 9.64 Å². The van der Waals surface area contributed by atoms with E-state index in [-0.39, 0.29) is 11.8 Å². The van der Waals surface area contributed by atoms with E-state index >= 15 is 0 Å². The summed E-state index contributed by atoms with van der Waals surface area (Å²) in [5, 5.41) is 6.77. The molecule has 2 aromatic heterocycles. The van der Waals surface area contributed by atoms with Gasteiger partial charge in [-0.1, -0.05) is 17.7 Å². The van der Waals surface area contributed by atoms with Crippen molar-refractivity contribution in [2.75, 3.05) is 13.1 Å². The van der Waals surface area contributed by atoms with Gasteiger partial charge in [0.2, 0.25) is 5.88 Å². The van der Waals surface area contributed by atoms with Gasteiger partial charge in [0.05, 0.1) is 11.8 Å². The molecule has 3 aromatic rings. The van der Waals surface area contributed by atoms with E-state index in [1.807, 2.05) is 43.0 Å². The van der Waals surface area contributed by atoms with Crippen molar-refractivity contribution in [3.05, 3.63) is 65.4 Å². The Labute approximate surface area is 163 Å². The molecule has 1 N–H and O–H groups in total. The fourth-order valence-corrected chi connectivity index (χ4v) is 3.51. The summed E-state index contributed by atoms with van der Waals surface area (Å²) in [7, 11) is 0. The molecule has 0 radical (unpaired) electrons. The van der Waals surface area contributed by atoms with Crippen LogP contribution in [-0.2, 0) is 0 Å². The highest BCUT2D eigenvalue weighted by Crippen LogP contribution is 2.33. The standard InChI is InChI=1S/C21H23N5O2/c1-14-3-5-17(6-4-14)28-20-19(22-9-10-23-20)16-7-11-26(12-8-16)21(27)18-13-24-25-15(18)2/h3-6,9-10,13,16H,7-8,11-12H2,1-2H3,(H,24,25). The SMILES string of the molecule is Cc1ccc(Oc2nccnc2C2CCN(C(=O)c3cn[nH]c3C)CC2)cc1. The van der Waals surface area contributed by atoms with Crippen molar-refractivity contribution in [2.45, 2.75) is 32.6 Å². The third kappa shape index (κ3) is 3.74. The molecule has 144 valence electrons. The van der Waals surface area contributed by atoms with Crippen molar-refractivity contribution >= 4 is 5.91 Å². The zero-order valence-corrected chi connectivity index (χ0v) is 16.1. The molecule has 1 aliphatic rings. The van der Waals surface area contributed by atoms with Crippen molar-refractivity contribution in [3.63, 3.8) is 0 Å². The second kappa shape index (κ2) is 7.80. The Hall–Kier alpha value is -3.22. The molecule has 1 aromatic carbocycles. The number of carbonyl (C=O) groups is 1. The minimum Gasteiger partial charge on any atom is -0.437 e. The maximum Gasteiger partial charge on any atom is 0.257 e. The van der Waals surface area contributed by atoms with Gasteiger partial charge in [-0.2, -0.15) is 5.10 Å². The zero-order chi connectivity index (χ0) is 19.5. The summed E-state index contributed by atoms with van der Waals surface area (Å²) in [6.07, 6.45) is 6.59. The number of nitrogens with zero attached hydrogens (tertiary/aromatic N) is 4. The molecule has 3 heterocycles. The number of hydrogen-bond donors (Lipinski definition) is 1. The fourth-order valence-electron chi connectivity index (χ4n) is 3.51. The van der Waals surface area contributed by atoms with E-state index in [1.165, 1.54) is 5.56 Å². The first-order chi connectivity index (χ1) is 13.6. The topological polar surface area (TPSA) is 84.0 Å². The van der Waals surface area contributed by atoms with Crippen molar-refractivity contribution in [2.24, 2.45) is 0 Å². The Morgan fingerprint density at radius 3 is 2.50 bits per heavy atom. The van der Waals surface area contributed by atoms with E-state index in [2.05, 4.69) is 20.2 Å². The van der Waals surface area contributed by atoms with Crippen LogP contribution in [0, 0.1) is 13.8 Å². The van der Waals surface area contributed by atoms with Gasteiger partial charge in [-0.3, -0.25) is 14.9 Å². The summed E-state index contributed by atoms with van der Waals surface area (Å²) < 4.78 is 6.00. The smallest absolute Gasteiger partial charge is 0.257 e. The maximum atomic E-state index is 12.7. The Morgan fingerprint density at radius 1 is 1.11 bits per heavy atom. The Kier molecular flexibility index (Phi) is 5.06. The van der Waals surface area contributed by atoms with Crippen LogP contribution in [-0.4, -0.2) is 44.1 Å². The van der Waals surface area contributed by atoms with Crippen LogP contribution in [0.15, 0.2) is 42.9 Å². The summed E-state index contributed by atoms with van der Waals surface area (Å²) >= 11 is 0. The molecule has 0 spiro atoms. The monoisotopic (exact) mass is 377 g/mol. The van der Waals surface area contributed by atoms with E-state index in [4.69, 9.17) is 4.74 Å². The number of amides is 1. The van der Waals surface area contributed by atoms with Gasteiger partial charge in [0.15, 0.2) is 0 Å². The Bertz CT molecular complexity index is 959. The second-order valence-corrected chi connectivity index (χ2v) is 7.14. The normalized spacial score (nSPS) is 14.9. The van der Waals surface area contributed by atoms with Crippen LogP contribution in [0.3, 0.4) is 0 Å². The first-order valence-corrected chi connectivity index (χ1v) is 9.46. The molecule has 1 aliphatic heterocycles. The van der Waals surface area contributed by atoms with Crippen LogP contribution in [0.1, 0.15) is 46.1 Å². The summed E-state index contributed by atoms with van der Waals surface area (Å²) in [5.41, 5.74) is 3.47. The van der Waals surface area contributed by atoms with Crippen molar-refractivity contribution in [1.82, 2.24) is 25.1 Å². The molecule has 28 heavy (non-hydrogen) atoms. The summed E-state index contributed by atoms with van der Waals surface area (Å²) in [6.45, 7) is 5.25. The first kappa shape index (κ1) is 18.2. The largest absolute Gasteiger partial charge is 0.437 e. The van der Waals surface area contributed by atoms with Crippen LogP contribution < -0.4 is 4.74 Å². The number of likely N-dealkylation sites (tertiary alicyclic amines) is 1.